The Kier molecular flexibility index (Phi) is 4.06. The summed E-state index contributed by atoms with van der Waals surface area (Å²) in [7, 11) is 1.78. The second kappa shape index (κ2) is 6.15. The molecule has 1 fully saturated rings. The number of benzene rings is 2. The van der Waals surface area contributed by atoms with E-state index in [-0.39, 0.29) is 5.41 Å². The zero-order valence-electron chi connectivity index (χ0n) is 12.9. The van der Waals surface area contributed by atoms with Crippen molar-refractivity contribution in [2.45, 2.75) is 30.6 Å². The third-order valence-corrected chi connectivity index (χ3v) is 4.74. The second-order valence-corrected chi connectivity index (χ2v) is 6.05. The maximum Gasteiger partial charge on any atom is 0.0828 e. The van der Waals surface area contributed by atoms with E-state index in [1.54, 1.807) is 7.05 Å². The molecule has 110 valence electrons. The Morgan fingerprint density at radius 2 is 1.86 bits per heavy atom. The molecule has 3 rings (SSSR count). The Hall–Kier alpha value is -2.40. The molecule has 0 heterocycles. The van der Waals surface area contributed by atoms with Crippen molar-refractivity contribution in [1.82, 2.24) is 0 Å². The van der Waals surface area contributed by atoms with Gasteiger partial charge in [-0.3, -0.25) is 4.99 Å². The lowest BCUT2D eigenvalue weighted by molar-refractivity contribution is 0.560. The zero-order chi connectivity index (χ0) is 15.4. The second-order valence-electron chi connectivity index (χ2n) is 6.05. The zero-order valence-corrected chi connectivity index (χ0v) is 12.9. The minimum atomic E-state index is -0.324. The number of hydrogen-bond donors (Lipinski definition) is 0. The average Bonchev–Trinajstić information content (AvgIpc) is 3.03. The van der Waals surface area contributed by atoms with Gasteiger partial charge in [-0.1, -0.05) is 54.6 Å². The summed E-state index contributed by atoms with van der Waals surface area (Å²) in [6.45, 7) is 0. The lowest BCUT2D eigenvalue weighted by Gasteiger charge is -2.21. The van der Waals surface area contributed by atoms with Crippen LogP contribution in [0, 0.1) is 11.3 Å². The predicted octanol–water partition coefficient (Wildman–Crippen LogP) is 4.46. The summed E-state index contributed by atoms with van der Waals surface area (Å²) in [6.07, 6.45) is 4.79. The van der Waals surface area contributed by atoms with Crippen LogP contribution in [0.1, 0.15) is 41.9 Å². The summed E-state index contributed by atoms with van der Waals surface area (Å²) in [4.78, 5) is 4.04. The molecule has 1 aliphatic carbocycles. The van der Waals surface area contributed by atoms with Crippen LogP contribution in [0.3, 0.4) is 0 Å². The molecule has 2 unspecified atom stereocenters. The standard InChI is InChI=1S/C20H20N2/c1-22-14-16-7-9-17(10-8-16)18-11-12-20(13-18,15-21)19-5-3-2-4-6-19/h2-10,14,18H,11-13H2,1H3/b22-14+. The van der Waals surface area contributed by atoms with Gasteiger partial charge >= 0.3 is 0 Å². The number of nitrogens with zero attached hydrogens (tertiary/aromatic N) is 2. The van der Waals surface area contributed by atoms with Gasteiger partial charge in [0.25, 0.3) is 0 Å². The molecule has 2 nitrogen and oxygen atoms in total. The molecular weight excluding hydrogens is 268 g/mol. The largest absolute Gasteiger partial charge is 0.296 e. The SMILES string of the molecule is C/N=C/c1ccc(C2CCC(C#N)(c3ccccc3)C2)cc1. The van der Waals surface area contributed by atoms with Gasteiger partial charge < -0.3 is 0 Å². The highest BCUT2D eigenvalue weighted by atomic mass is 14.6. The van der Waals surface area contributed by atoms with E-state index in [9.17, 15) is 5.26 Å². The maximum absolute atomic E-state index is 9.78. The summed E-state index contributed by atoms with van der Waals surface area (Å²) in [6, 6.07) is 21.4. The first kappa shape index (κ1) is 14.5. The van der Waals surface area contributed by atoms with Crippen LogP contribution >= 0.6 is 0 Å². The van der Waals surface area contributed by atoms with Crippen LogP contribution in [0.4, 0.5) is 0 Å². The summed E-state index contributed by atoms with van der Waals surface area (Å²) in [5, 5.41) is 9.78. The predicted molar refractivity (Wildman–Crippen MR) is 90.3 cm³/mol. The van der Waals surface area contributed by atoms with E-state index in [1.165, 1.54) is 5.56 Å². The van der Waals surface area contributed by atoms with Crippen molar-refractivity contribution in [2.24, 2.45) is 4.99 Å². The van der Waals surface area contributed by atoms with Crippen molar-refractivity contribution < 1.29 is 0 Å². The Balaban J connectivity index is 1.83. The molecule has 1 saturated carbocycles. The molecule has 2 heteroatoms. The van der Waals surface area contributed by atoms with E-state index in [0.29, 0.717) is 5.92 Å². The minimum Gasteiger partial charge on any atom is -0.296 e. The Morgan fingerprint density at radius 1 is 1.14 bits per heavy atom. The molecule has 0 amide bonds. The van der Waals surface area contributed by atoms with Crippen LogP contribution in [-0.4, -0.2) is 13.3 Å². The Morgan fingerprint density at radius 3 is 2.50 bits per heavy atom. The van der Waals surface area contributed by atoms with E-state index in [4.69, 9.17) is 0 Å². The molecule has 0 aliphatic heterocycles. The molecule has 1 aliphatic rings. The van der Waals surface area contributed by atoms with Gasteiger partial charge in [-0.05, 0) is 41.9 Å². The highest BCUT2D eigenvalue weighted by Gasteiger charge is 2.41. The number of hydrogen-bond acceptors (Lipinski definition) is 2. The Labute approximate surface area is 132 Å². The van der Waals surface area contributed by atoms with Crippen molar-refractivity contribution in [3.8, 4) is 6.07 Å². The summed E-state index contributed by atoms with van der Waals surface area (Å²) in [5.74, 6) is 0.465. The smallest absolute Gasteiger partial charge is 0.0828 e. The average molecular weight is 288 g/mol. The maximum atomic E-state index is 9.78. The fourth-order valence-electron chi connectivity index (χ4n) is 3.52. The van der Waals surface area contributed by atoms with Crippen LogP contribution in [-0.2, 0) is 5.41 Å². The minimum absolute atomic E-state index is 0.324. The molecule has 2 aromatic rings. The molecule has 0 aromatic heterocycles. The molecule has 22 heavy (non-hydrogen) atoms. The Bertz CT molecular complexity index is 695. The van der Waals surface area contributed by atoms with Crippen molar-refractivity contribution in [3.63, 3.8) is 0 Å². The van der Waals surface area contributed by atoms with Crippen LogP contribution in [0.25, 0.3) is 0 Å². The number of aliphatic imine (C=N–C) groups is 1. The van der Waals surface area contributed by atoms with E-state index in [0.717, 1.165) is 30.4 Å². The van der Waals surface area contributed by atoms with Gasteiger partial charge in [-0.2, -0.15) is 5.26 Å². The first-order chi connectivity index (χ1) is 10.8. The summed E-state index contributed by atoms with van der Waals surface area (Å²) < 4.78 is 0. The molecule has 0 N–H and O–H groups in total. The topological polar surface area (TPSA) is 36.1 Å². The van der Waals surface area contributed by atoms with Gasteiger partial charge in [0.2, 0.25) is 0 Å². The van der Waals surface area contributed by atoms with Gasteiger partial charge in [0.05, 0.1) is 11.5 Å². The molecular formula is C20H20N2. The van der Waals surface area contributed by atoms with Gasteiger partial charge in [-0.15, -0.1) is 0 Å². The van der Waals surface area contributed by atoms with Crippen molar-refractivity contribution in [3.05, 3.63) is 71.3 Å². The van der Waals surface area contributed by atoms with Crippen LogP contribution < -0.4 is 0 Å². The number of nitriles is 1. The van der Waals surface area contributed by atoms with E-state index >= 15 is 0 Å². The normalized spacial score (nSPS) is 24.5. The lowest BCUT2D eigenvalue weighted by atomic mass is 9.79. The van der Waals surface area contributed by atoms with Crippen molar-refractivity contribution in [2.75, 3.05) is 7.05 Å². The highest BCUT2D eigenvalue weighted by molar-refractivity contribution is 5.79. The van der Waals surface area contributed by atoms with Gasteiger partial charge in [0.15, 0.2) is 0 Å². The monoisotopic (exact) mass is 288 g/mol. The van der Waals surface area contributed by atoms with Crippen molar-refractivity contribution in [1.29, 1.82) is 5.26 Å². The van der Waals surface area contributed by atoms with Gasteiger partial charge in [0, 0.05) is 13.3 Å². The first-order valence-corrected chi connectivity index (χ1v) is 7.76. The quantitative estimate of drug-likeness (QED) is 0.768. The first-order valence-electron chi connectivity index (χ1n) is 7.76. The molecule has 2 atom stereocenters. The van der Waals surface area contributed by atoms with Crippen LogP contribution in [0.5, 0.6) is 0 Å². The van der Waals surface area contributed by atoms with E-state index in [1.807, 2.05) is 24.4 Å². The van der Waals surface area contributed by atoms with Gasteiger partial charge in [-0.25, -0.2) is 0 Å². The summed E-state index contributed by atoms with van der Waals surface area (Å²) >= 11 is 0. The molecule has 0 radical (unpaired) electrons. The van der Waals surface area contributed by atoms with Crippen LogP contribution in [0.15, 0.2) is 59.6 Å². The van der Waals surface area contributed by atoms with E-state index in [2.05, 4.69) is 47.5 Å². The molecule has 0 spiro atoms. The summed E-state index contributed by atoms with van der Waals surface area (Å²) in [5.41, 5.74) is 3.30. The number of rotatable bonds is 3. The molecule has 2 aromatic carbocycles. The third kappa shape index (κ3) is 2.67. The molecule has 0 bridgehead atoms. The fraction of sp³-hybridized carbons (Fsp3) is 0.300. The third-order valence-electron chi connectivity index (χ3n) is 4.74. The van der Waals surface area contributed by atoms with E-state index < -0.39 is 0 Å². The van der Waals surface area contributed by atoms with Crippen LogP contribution in [0.2, 0.25) is 0 Å². The molecule has 0 saturated heterocycles. The van der Waals surface area contributed by atoms with Gasteiger partial charge in [0.1, 0.15) is 0 Å². The highest BCUT2D eigenvalue weighted by Crippen LogP contribution is 2.47. The lowest BCUT2D eigenvalue weighted by Crippen LogP contribution is -2.19. The fourth-order valence-corrected chi connectivity index (χ4v) is 3.52. The van der Waals surface area contributed by atoms with Crippen molar-refractivity contribution >= 4 is 6.21 Å².